The Hall–Kier alpha value is -3.26. The molecule has 0 radical (unpaired) electrons. The summed E-state index contributed by atoms with van der Waals surface area (Å²) in [7, 11) is 0. The summed E-state index contributed by atoms with van der Waals surface area (Å²) >= 11 is 0. The van der Waals surface area contributed by atoms with Crippen LogP contribution < -0.4 is 5.32 Å². The zero-order valence-electron chi connectivity index (χ0n) is 10.9. The Kier molecular flexibility index (Phi) is 3.27. The Morgan fingerprint density at radius 1 is 1.10 bits per heavy atom. The number of aromatic nitrogens is 2. The molecule has 0 aliphatic heterocycles. The molecular formula is C16H10N4O. The van der Waals surface area contributed by atoms with Crippen LogP contribution in [0.4, 0.5) is 5.82 Å². The van der Waals surface area contributed by atoms with Gasteiger partial charge >= 0.3 is 0 Å². The molecule has 0 fully saturated rings. The number of benzene rings is 1. The predicted molar refractivity (Wildman–Crippen MR) is 78.6 cm³/mol. The van der Waals surface area contributed by atoms with Gasteiger partial charge in [0, 0.05) is 11.6 Å². The topological polar surface area (TPSA) is 78.7 Å². The number of hydrogen-bond acceptors (Lipinski definition) is 4. The molecule has 0 saturated heterocycles. The van der Waals surface area contributed by atoms with E-state index in [9.17, 15) is 4.79 Å². The van der Waals surface area contributed by atoms with Crippen LogP contribution in [-0.4, -0.2) is 15.9 Å². The molecule has 3 rings (SSSR count). The summed E-state index contributed by atoms with van der Waals surface area (Å²) in [6.07, 6.45) is 1.41. The lowest BCUT2D eigenvalue weighted by molar-refractivity contribution is 0.102. The first kappa shape index (κ1) is 12.8. The normalized spacial score (nSPS) is 10.0. The van der Waals surface area contributed by atoms with Gasteiger partial charge in [0.25, 0.3) is 5.91 Å². The van der Waals surface area contributed by atoms with Crippen molar-refractivity contribution >= 4 is 22.6 Å². The summed E-state index contributed by atoms with van der Waals surface area (Å²) in [5, 5.41) is 12.3. The average molecular weight is 274 g/mol. The molecule has 2 aromatic heterocycles. The number of nitrogens with one attached hydrogen (secondary N) is 1. The van der Waals surface area contributed by atoms with Crippen molar-refractivity contribution in [3.63, 3.8) is 0 Å². The first-order chi connectivity index (χ1) is 10.3. The molecule has 1 amide bonds. The van der Waals surface area contributed by atoms with Gasteiger partial charge in [-0.2, -0.15) is 5.26 Å². The molecule has 0 spiro atoms. The minimum absolute atomic E-state index is 0.319. The Labute approximate surface area is 120 Å². The van der Waals surface area contributed by atoms with Crippen LogP contribution in [0.15, 0.2) is 54.7 Å². The minimum Gasteiger partial charge on any atom is -0.305 e. The monoisotopic (exact) mass is 274 g/mol. The highest BCUT2D eigenvalue weighted by Gasteiger charge is 2.09. The molecular weight excluding hydrogens is 264 g/mol. The highest BCUT2D eigenvalue weighted by atomic mass is 16.1. The Balaban J connectivity index is 1.84. The lowest BCUT2D eigenvalue weighted by atomic mass is 10.2. The Morgan fingerprint density at radius 2 is 1.95 bits per heavy atom. The average Bonchev–Trinajstić information content (AvgIpc) is 2.55. The van der Waals surface area contributed by atoms with Gasteiger partial charge in [0.2, 0.25) is 0 Å². The van der Waals surface area contributed by atoms with Gasteiger partial charge in [0.05, 0.1) is 11.1 Å². The van der Waals surface area contributed by atoms with Crippen molar-refractivity contribution in [2.24, 2.45) is 0 Å². The number of carbonyl (C=O) groups is 1. The third-order valence-corrected chi connectivity index (χ3v) is 2.97. The van der Waals surface area contributed by atoms with E-state index in [-0.39, 0.29) is 5.91 Å². The van der Waals surface area contributed by atoms with Crippen molar-refractivity contribution in [1.82, 2.24) is 9.97 Å². The van der Waals surface area contributed by atoms with E-state index in [0.717, 1.165) is 10.9 Å². The van der Waals surface area contributed by atoms with E-state index in [2.05, 4.69) is 15.3 Å². The van der Waals surface area contributed by atoms with Crippen LogP contribution in [0.5, 0.6) is 0 Å². The van der Waals surface area contributed by atoms with E-state index in [1.807, 2.05) is 36.4 Å². The fraction of sp³-hybridized carbons (Fsp3) is 0. The van der Waals surface area contributed by atoms with Crippen LogP contribution in [0.3, 0.4) is 0 Å². The van der Waals surface area contributed by atoms with Crippen molar-refractivity contribution in [3.8, 4) is 6.07 Å². The molecule has 0 aliphatic carbocycles. The van der Waals surface area contributed by atoms with E-state index < -0.39 is 0 Å². The van der Waals surface area contributed by atoms with Crippen LogP contribution in [-0.2, 0) is 0 Å². The zero-order chi connectivity index (χ0) is 14.7. The quantitative estimate of drug-likeness (QED) is 0.779. The van der Waals surface area contributed by atoms with Crippen LogP contribution in [0, 0.1) is 11.3 Å². The van der Waals surface area contributed by atoms with E-state index in [0.29, 0.717) is 17.1 Å². The van der Waals surface area contributed by atoms with E-state index in [1.165, 1.54) is 6.20 Å². The van der Waals surface area contributed by atoms with Gasteiger partial charge in [0.1, 0.15) is 17.6 Å². The zero-order valence-corrected chi connectivity index (χ0v) is 10.9. The molecule has 100 valence electrons. The van der Waals surface area contributed by atoms with Crippen molar-refractivity contribution < 1.29 is 4.79 Å². The van der Waals surface area contributed by atoms with E-state index in [1.54, 1.807) is 18.2 Å². The summed E-state index contributed by atoms with van der Waals surface area (Å²) in [6.45, 7) is 0. The third-order valence-electron chi connectivity index (χ3n) is 2.97. The van der Waals surface area contributed by atoms with Crippen molar-refractivity contribution in [2.45, 2.75) is 0 Å². The van der Waals surface area contributed by atoms with E-state index in [4.69, 9.17) is 5.26 Å². The summed E-state index contributed by atoms with van der Waals surface area (Å²) < 4.78 is 0. The number of fused-ring (bicyclic) bond motifs is 1. The lowest BCUT2D eigenvalue weighted by Gasteiger charge is -2.04. The van der Waals surface area contributed by atoms with Crippen molar-refractivity contribution in [1.29, 1.82) is 5.26 Å². The van der Waals surface area contributed by atoms with Gasteiger partial charge in [-0.1, -0.05) is 24.3 Å². The van der Waals surface area contributed by atoms with Gasteiger partial charge in [-0.25, -0.2) is 9.97 Å². The number of hydrogen-bond donors (Lipinski definition) is 1. The molecule has 0 bridgehead atoms. The van der Waals surface area contributed by atoms with Gasteiger partial charge in [0.15, 0.2) is 0 Å². The highest BCUT2D eigenvalue weighted by molar-refractivity contribution is 6.03. The third kappa shape index (κ3) is 2.69. The number of anilines is 1. The van der Waals surface area contributed by atoms with Crippen LogP contribution in [0.25, 0.3) is 10.9 Å². The van der Waals surface area contributed by atoms with Gasteiger partial charge in [-0.3, -0.25) is 4.79 Å². The lowest BCUT2D eigenvalue weighted by Crippen LogP contribution is -2.14. The molecule has 2 heterocycles. The summed E-state index contributed by atoms with van der Waals surface area (Å²) in [5.41, 5.74) is 1.52. The molecule has 0 aliphatic rings. The number of para-hydroxylation sites is 1. The number of nitrogens with zero attached hydrogens (tertiary/aromatic N) is 3. The molecule has 1 aromatic carbocycles. The Bertz CT molecular complexity index is 850. The summed E-state index contributed by atoms with van der Waals surface area (Å²) in [6, 6.07) is 16.3. The second-order valence-electron chi connectivity index (χ2n) is 4.39. The molecule has 3 aromatic rings. The van der Waals surface area contributed by atoms with Gasteiger partial charge < -0.3 is 5.32 Å². The Morgan fingerprint density at radius 3 is 2.71 bits per heavy atom. The molecule has 1 N–H and O–H groups in total. The molecule has 0 unspecified atom stereocenters. The van der Waals surface area contributed by atoms with E-state index >= 15 is 0 Å². The number of pyridine rings is 2. The van der Waals surface area contributed by atoms with Crippen LogP contribution in [0.2, 0.25) is 0 Å². The molecule has 5 nitrogen and oxygen atoms in total. The number of rotatable bonds is 2. The fourth-order valence-electron chi connectivity index (χ4n) is 1.91. The molecule has 21 heavy (non-hydrogen) atoms. The molecule has 0 saturated carbocycles. The smallest absolute Gasteiger partial charge is 0.275 e. The molecule has 5 heteroatoms. The van der Waals surface area contributed by atoms with Crippen molar-refractivity contribution in [2.75, 3.05) is 5.32 Å². The summed E-state index contributed by atoms with van der Waals surface area (Å²) in [4.78, 5) is 20.4. The first-order valence-electron chi connectivity index (χ1n) is 6.29. The first-order valence-corrected chi connectivity index (χ1v) is 6.29. The van der Waals surface area contributed by atoms with Gasteiger partial charge in [-0.15, -0.1) is 0 Å². The van der Waals surface area contributed by atoms with Crippen LogP contribution >= 0.6 is 0 Å². The predicted octanol–water partition coefficient (Wildman–Crippen LogP) is 2.75. The summed E-state index contributed by atoms with van der Waals surface area (Å²) in [5.74, 6) is 0.0481. The van der Waals surface area contributed by atoms with Crippen LogP contribution in [0.1, 0.15) is 16.1 Å². The fourth-order valence-corrected chi connectivity index (χ4v) is 1.91. The SMILES string of the molecule is N#Cc1ccc(NC(=O)c2ccc3ccccc3n2)nc1. The second kappa shape index (κ2) is 5.39. The maximum atomic E-state index is 12.1. The maximum absolute atomic E-state index is 12.1. The highest BCUT2D eigenvalue weighted by Crippen LogP contribution is 2.13. The molecule has 0 atom stereocenters. The number of nitriles is 1. The number of amides is 1. The standard InChI is InChI=1S/C16H10N4O/c17-9-11-5-8-15(18-10-11)20-16(21)14-7-6-12-3-1-2-4-13(12)19-14/h1-8,10H,(H,18,20,21). The number of carbonyl (C=O) groups excluding carboxylic acids is 1. The van der Waals surface area contributed by atoms with Crippen molar-refractivity contribution in [3.05, 3.63) is 66.0 Å². The minimum atomic E-state index is -0.335. The second-order valence-corrected chi connectivity index (χ2v) is 4.39. The largest absolute Gasteiger partial charge is 0.305 e. The van der Waals surface area contributed by atoms with Gasteiger partial charge in [-0.05, 0) is 24.3 Å². The maximum Gasteiger partial charge on any atom is 0.275 e.